The highest BCUT2D eigenvalue weighted by atomic mass is 35.5. The average molecular weight is 277 g/mol. The van der Waals surface area contributed by atoms with E-state index in [2.05, 4.69) is 18.7 Å². The highest BCUT2D eigenvalue weighted by molar-refractivity contribution is 6.95. The fourth-order valence-electron chi connectivity index (χ4n) is 1.77. The van der Waals surface area contributed by atoms with Gasteiger partial charge in [0.2, 0.25) is 0 Å². The second-order valence-electron chi connectivity index (χ2n) is 4.38. The third-order valence-electron chi connectivity index (χ3n) is 2.97. The van der Waals surface area contributed by atoms with E-state index in [0.29, 0.717) is 0 Å². The lowest BCUT2D eigenvalue weighted by atomic mass is 10.4. The van der Waals surface area contributed by atoms with Gasteiger partial charge in [0, 0.05) is 17.1 Å². The number of aliphatic hydroxyl groups excluding tert-OH is 1. The summed E-state index contributed by atoms with van der Waals surface area (Å²) >= 11 is 12.0. The lowest BCUT2D eigenvalue weighted by molar-refractivity contribution is 0.287. The summed E-state index contributed by atoms with van der Waals surface area (Å²) in [4.78, 5) is 0. The Bertz CT molecular complexity index is 315. The largest absolute Gasteiger partial charge is 0.396 e. The molecule has 90 valence electrons. The van der Waals surface area contributed by atoms with Crippen LogP contribution in [0.15, 0.2) is 24.3 Å². The van der Waals surface area contributed by atoms with E-state index in [-0.39, 0.29) is 6.61 Å². The first-order chi connectivity index (χ1) is 7.62. The van der Waals surface area contributed by atoms with Gasteiger partial charge in [-0.2, -0.15) is 0 Å². The molecule has 1 N–H and O–H groups in total. The lowest BCUT2D eigenvalue weighted by Gasteiger charge is -2.25. The number of rotatable bonds is 6. The molecule has 0 aliphatic carbocycles. The van der Waals surface area contributed by atoms with Gasteiger partial charge in [0.25, 0.3) is 0 Å². The van der Waals surface area contributed by atoms with Gasteiger partial charge in [-0.3, -0.25) is 0 Å². The summed E-state index contributed by atoms with van der Waals surface area (Å²) in [6, 6.07) is 9.17. The zero-order valence-corrected chi connectivity index (χ0v) is 12.1. The van der Waals surface area contributed by atoms with Crippen molar-refractivity contribution in [2.75, 3.05) is 12.1 Å². The van der Waals surface area contributed by atoms with E-state index in [1.807, 2.05) is 12.1 Å². The van der Waals surface area contributed by atoms with Crippen molar-refractivity contribution in [3.8, 4) is 0 Å². The predicted molar refractivity (Wildman–Crippen MR) is 74.6 cm³/mol. The number of unbranched alkanes of at least 4 members (excludes halogenated alkanes) is 1. The zero-order valence-electron chi connectivity index (χ0n) is 9.55. The van der Waals surface area contributed by atoms with E-state index in [0.717, 1.165) is 29.4 Å². The summed E-state index contributed by atoms with van der Waals surface area (Å²) in [5, 5.41) is 10.9. The minimum Gasteiger partial charge on any atom is -0.396 e. The molecule has 1 aromatic carbocycles. The molecule has 0 saturated carbocycles. The highest BCUT2D eigenvalue weighted by Crippen LogP contribution is 2.17. The molecule has 0 aliphatic rings. The van der Waals surface area contributed by atoms with Crippen LogP contribution in [-0.2, 0) is 0 Å². The number of hydrogen-bond acceptors (Lipinski definition) is 1. The summed E-state index contributed by atoms with van der Waals surface area (Å²) in [5.74, 6) is 0. The Balaban J connectivity index is 2.74. The second kappa shape index (κ2) is 6.65. The summed E-state index contributed by atoms with van der Waals surface area (Å²) in [5.41, 5.74) is 0.722. The number of benzene rings is 1. The topological polar surface area (TPSA) is 20.2 Å². The lowest BCUT2D eigenvalue weighted by Crippen LogP contribution is -2.46. The van der Waals surface area contributed by atoms with Crippen LogP contribution < -0.4 is 5.19 Å². The summed E-state index contributed by atoms with van der Waals surface area (Å²) in [6.07, 6.45) is 1.92. The Morgan fingerprint density at radius 2 is 1.81 bits per heavy atom. The fraction of sp³-hybridized carbons (Fsp3) is 0.500. The predicted octanol–water partition coefficient (Wildman–Crippen LogP) is 3.18. The molecule has 1 nitrogen and oxygen atoms in total. The van der Waals surface area contributed by atoms with E-state index in [9.17, 15) is 0 Å². The number of halogens is 2. The van der Waals surface area contributed by atoms with E-state index >= 15 is 0 Å². The van der Waals surface area contributed by atoms with Crippen LogP contribution in [0, 0.1) is 0 Å². The van der Waals surface area contributed by atoms with Gasteiger partial charge in [-0.15, -0.1) is 11.6 Å². The molecule has 0 aromatic heterocycles. The van der Waals surface area contributed by atoms with E-state index in [1.54, 1.807) is 0 Å². The number of alkyl halides is 1. The van der Waals surface area contributed by atoms with Gasteiger partial charge in [0.05, 0.1) is 8.07 Å². The van der Waals surface area contributed by atoms with Gasteiger partial charge in [-0.1, -0.05) is 47.9 Å². The van der Waals surface area contributed by atoms with Crippen molar-refractivity contribution in [3.63, 3.8) is 0 Å². The van der Waals surface area contributed by atoms with E-state index in [1.165, 1.54) is 5.19 Å². The van der Waals surface area contributed by atoms with Crippen LogP contribution >= 0.6 is 23.2 Å². The van der Waals surface area contributed by atoms with Crippen LogP contribution in [0.3, 0.4) is 0 Å². The number of hydrogen-bond donors (Lipinski definition) is 1. The van der Waals surface area contributed by atoms with Crippen LogP contribution in [0.25, 0.3) is 0 Å². The number of aliphatic hydroxyl groups is 1. The van der Waals surface area contributed by atoms with E-state index in [4.69, 9.17) is 28.3 Å². The summed E-state index contributed by atoms with van der Waals surface area (Å²) < 4.78 is 0. The minimum atomic E-state index is -1.56. The standard InChI is InChI=1S/C12H18Cl2OSi/c1-16(10-13,9-3-2-8-15)12-6-4-11(14)5-7-12/h4-7,15H,2-3,8-10H2,1H3. The van der Waals surface area contributed by atoms with Crippen LogP contribution in [-0.4, -0.2) is 25.3 Å². The third kappa shape index (κ3) is 3.77. The molecular weight excluding hydrogens is 259 g/mol. The molecule has 0 fully saturated rings. The molecule has 0 spiro atoms. The van der Waals surface area contributed by atoms with Crippen LogP contribution in [0.5, 0.6) is 0 Å². The Kier molecular flexibility index (Phi) is 5.83. The van der Waals surface area contributed by atoms with Crippen LogP contribution in [0.1, 0.15) is 12.8 Å². The molecule has 16 heavy (non-hydrogen) atoms. The Labute approximate surface area is 108 Å². The van der Waals surface area contributed by atoms with Gasteiger partial charge < -0.3 is 5.11 Å². The second-order valence-corrected chi connectivity index (χ2v) is 10.1. The summed E-state index contributed by atoms with van der Waals surface area (Å²) in [6.45, 7) is 2.56. The maximum atomic E-state index is 8.81. The highest BCUT2D eigenvalue weighted by Gasteiger charge is 2.27. The van der Waals surface area contributed by atoms with Crippen LogP contribution in [0.4, 0.5) is 0 Å². The fourth-order valence-corrected chi connectivity index (χ4v) is 5.34. The summed E-state index contributed by atoms with van der Waals surface area (Å²) in [7, 11) is -1.56. The molecule has 1 rings (SSSR count). The maximum Gasteiger partial charge on any atom is 0.0989 e. The zero-order chi connectivity index (χ0) is 12.0. The smallest absolute Gasteiger partial charge is 0.0989 e. The SMILES string of the molecule is C[Si](CCl)(CCCCO)c1ccc(Cl)cc1. The van der Waals surface area contributed by atoms with Gasteiger partial charge in [-0.05, 0) is 18.6 Å². The molecule has 4 heteroatoms. The van der Waals surface area contributed by atoms with Gasteiger partial charge in [0.1, 0.15) is 0 Å². The van der Waals surface area contributed by atoms with Crippen molar-refractivity contribution < 1.29 is 5.11 Å². The molecule has 0 heterocycles. The van der Waals surface area contributed by atoms with Crippen molar-refractivity contribution in [1.82, 2.24) is 0 Å². The molecule has 1 atom stereocenters. The van der Waals surface area contributed by atoms with Crippen molar-refractivity contribution in [3.05, 3.63) is 29.3 Å². The Morgan fingerprint density at radius 1 is 1.19 bits per heavy atom. The normalized spacial score (nSPS) is 14.8. The van der Waals surface area contributed by atoms with Gasteiger partial charge in [-0.25, -0.2) is 0 Å². The van der Waals surface area contributed by atoms with Crippen molar-refractivity contribution >= 4 is 36.5 Å². The molecule has 0 radical (unpaired) electrons. The molecule has 1 unspecified atom stereocenters. The molecule has 0 amide bonds. The molecular formula is C12H18Cl2OSi. The molecule has 1 aromatic rings. The molecule has 0 bridgehead atoms. The van der Waals surface area contributed by atoms with Gasteiger partial charge >= 0.3 is 0 Å². The molecule has 0 saturated heterocycles. The monoisotopic (exact) mass is 276 g/mol. The van der Waals surface area contributed by atoms with Crippen molar-refractivity contribution in [1.29, 1.82) is 0 Å². The first kappa shape index (κ1) is 14.0. The van der Waals surface area contributed by atoms with Crippen molar-refractivity contribution in [2.24, 2.45) is 0 Å². The van der Waals surface area contributed by atoms with Crippen molar-refractivity contribution in [2.45, 2.75) is 25.4 Å². The maximum absolute atomic E-state index is 8.81. The minimum absolute atomic E-state index is 0.271. The van der Waals surface area contributed by atoms with Gasteiger partial charge in [0.15, 0.2) is 0 Å². The molecule has 0 aliphatic heterocycles. The average Bonchev–Trinajstić information content (AvgIpc) is 2.30. The quantitative estimate of drug-likeness (QED) is 0.481. The first-order valence-corrected chi connectivity index (χ1v) is 9.38. The first-order valence-electron chi connectivity index (χ1n) is 5.55. The Morgan fingerprint density at radius 3 is 2.31 bits per heavy atom. The van der Waals surface area contributed by atoms with E-state index < -0.39 is 8.07 Å². The third-order valence-corrected chi connectivity index (χ3v) is 8.77. The Hall–Kier alpha value is -0.0231. The van der Waals surface area contributed by atoms with Crippen LogP contribution in [0.2, 0.25) is 17.6 Å².